The molecule has 0 saturated heterocycles. The van der Waals surface area contributed by atoms with Crippen LogP contribution >= 0.6 is 11.3 Å². The Balaban J connectivity index is 1.93. The van der Waals surface area contributed by atoms with Crippen LogP contribution in [0, 0.1) is 5.92 Å². The summed E-state index contributed by atoms with van der Waals surface area (Å²) < 4.78 is 64.0. The van der Waals surface area contributed by atoms with Crippen molar-refractivity contribution in [2.75, 3.05) is 6.54 Å². The number of rotatable bonds is 2. The molecule has 0 aromatic carbocycles. The molecule has 3 rings (SSSR count). The van der Waals surface area contributed by atoms with E-state index in [1.165, 1.54) is 11.3 Å². The van der Waals surface area contributed by atoms with Crippen molar-refractivity contribution in [3.05, 3.63) is 21.9 Å². The van der Waals surface area contributed by atoms with Gasteiger partial charge in [0.15, 0.2) is 0 Å². The van der Waals surface area contributed by atoms with Crippen LogP contribution in [-0.4, -0.2) is 29.5 Å². The van der Waals surface area contributed by atoms with Gasteiger partial charge in [0, 0.05) is 11.4 Å². The van der Waals surface area contributed by atoms with E-state index in [1.54, 1.807) is 11.4 Å². The summed E-state index contributed by atoms with van der Waals surface area (Å²) in [6.07, 6.45) is -4.02. The topological polar surface area (TPSA) is 20.3 Å². The lowest BCUT2D eigenvalue weighted by molar-refractivity contribution is -0.275. The SMILES string of the molecule is O=C(N1CCc2sccc2C1C1CC1)C(F)(F)C(F)(F)F. The largest absolute Gasteiger partial charge is 0.463 e. The van der Waals surface area contributed by atoms with Gasteiger partial charge in [0.1, 0.15) is 0 Å². The van der Waals surface area contributed by atoms with Gasteiger partial charge in [0.2, 0.25) is 0 Å². The summed E-state index contributed by atoms with van der Waals surface area (Å²) in [4.78, 5) is 13.5. The molecule has 0 spiro atoms. The Labute approximate surface area is 121 Å². The lowest BCUT2D eigenvalue weighted by Gasteiger charge is -2.38. The van der Waals surface area contributed by atoms with Crippen LogP contribution in [0.1, 0.15) is 29.3 Å². The minimum Gasteiger partial charge on any atom is -0.329 e. The van der Waals surface area contributed by atoms with Crippen molar-refractivity contribution in [2.24, 2.45) is 5.92 Å². The standard InChI is InChI=1S/C13H12F5NOS/c14-12(15,13(16,17)18)11(20)19-5-3-9-8(4-6-21-9)10(19)7-1-2-7/h4,6-7,10H,1-3,5H2. The first-order chi connectivity index (χ1) is 9.73. The summed E-state index contributed by atoms with van der Waals surface area (Å²) in [5.41, 5.74) is 0.736. The molecule has 1 saturated carbocycles. The third-order valence-corrected chi connectivity index (χ3v) is 4.96. The molecule has 2 nitrogen and oxygen atoms in total. The maximum absolute atomic E-state index is 13.4. The summed E-state index contributed by atoms with van der Waals surface area (Å²) in [6.45, 7) is -0.0841. The Bertz CT molecular complexity index is 563. The number of halogens is 5. The van der Waals surface area contributed by atoms with Crippen LogP contribution in [0.4, 0.5) is 22.0 Å². The number of fused-ring (bicyclic) bond motifs is 1. The zero-order chi connectivity index (χ0) is 15.4. The third kappa shape index (κ3) is 2.33. The molecule has 1 aliphatic carbocycles. The number of nitrogens with zero attached hydrogens (tertiary/aromatic N) is 1. The Morgan fingerprint density at radius 1 is 1.24 bits per heavy atom. The molecule has 1 atom stereocenters. The smallest absolute Gasteiger partial charge is 0.329 e. The van der Waals surface area contributed by atoms with Crippen LogP contribution in [0.2, 0.25) is 0 Å². The van der Waals surface area contributed by atoms with Gasteiger partial charge >= 0.3 is 18.0 Å². The van der Waals surface area contributed by atoms with E-state index in [0.717, 1.165) is 28.2 Å². The predicted octanol–water partition coefficient (Wildman–Crippen LogP) is 3.78. The zero-order valence-corrected chi connectivity index (χ0v) is 11.6. The summed E-state index contributed by atoms with van der Waals surface area (Å²) in [7, 11) is 0. The van der Waals surface area contributed by atoms with Crippen molar-refractivity contribution in [1.82, 2.24) is 4.90 Å². The van der Waals surface area contributed by atoms with Crippen molar-refractivity contribution in [2.45, 2.75) is 37.4 Å². The van der Waals surface area contributed by atoms with E-state index < -0.39 is 24.0 Å². The maximum atomic E-state index is 13.4. The molecule has 1 aromatic heterocycles. The van der Waals surface area contributed by atoms with Crippen LogP contribution < -0.4 is 0 Å². The molecule has 8 heteroatoms. The molecule has 0 bridgehead atoms. The second-order valence-corrected chi connectivity index (χ2v) is 6.40. The molecule has 2 aliphatic rings. The zero-order valence-electron chi connectivity index (χ0n) is 10.8. The van der Waals surface area contributed by atoms with Crippen molar-refractivity contribution in [1.29, 1.82) is 0 Å². The van der Waals surface area contributed by atoms with Crippen molar-refractivity contribution >= 4 is 17.2 Å². The number of thiophene rings is 1. The molecule has 116 valence electrons. The lowest BCUT2D eigenvalue weighted by Crippen LogP contribution is -2.54. The highest BCUT2D eigenvalue weighted by Gasteiger charge is 2.65. The maximum Gasteiger partial charge on any atom is 0.463 e. The molecule has 1 aromatic rings. The fraction of sp³-hybridized carbons (Fsp3) is 0.615. The molecule has 21 heavy (non-hydrogen) atoms. The van der Waals surface area contributed by atoms with E-state index >= 15 is 0 Å². The molecule has 1 aliphatic heterocycles. The first-order valence-electron chi connectivity index (χ1n) is 6.55. The summed E-state index contributed by atoms with van der Waals surface area (Å²) in [6, 6.07) is 1.09. The van der Waals surface area contributed by atoms with Crippen molar-refractivity contribution in [3.8, 4) is 0 Å². The predicted molar refractivity (Wildman–Crippen MR) is 66.2 cm³/mol. The molecule has 0 N–H and O–H groups in total. The fourth-order valence-corrected chi connectivity index (χ4v) is 3.71. The number of hydrogen-bond donors (Lipinski definition) is 0. The highest BCUT2D eigenvalue weighted by Crippen LogP contribution is 2.50. The van der Waals surface area contributed by atoms with Gasteiger partial charge in [-0.05, 0) is 42.2 Å². The minimum absolute atomic E-state index is 0.00775. The van der Waals surface area contributed by atoms with Gasteiger partial charge in [-0.1, -0.05) is 0 Å². The average Bonchev–Trinajstić information content (AvgIpc) is 3.12. The molecule has 1 unspecified atom stereocenters. The number of carbonyl (C=O) groups is 1. The van der Waals surface area contributed by atoms with Crippen molar-refractivity contribution in [3.63, 3.8) is 0 Å². The van der Waals surface area contributed by atoms with E-state index in [2.05, 4.69) is 0 Å². The summed E-state index contributed by atoms with van der Waals surface area (Å²) >= 11 is 1.45. The van der Waals surface area contributed by atoms with Crippen LogP contribution in [0.3, 0.4) is 0 Å². The molecule has 1 amide bonds. The fourth-order valence-electron chi connectivity index (χ4n) is 2.80. The Morgan fingerprint density at radius 3 is 2.48 bits per heavy atom. The van der Waals surface area contributed by atoms with Crippen LogP contribution in [-0.2, 0) is 11.2 Å². The van der Waals surface area contributed by atoms with E-state index in [1.807, 2.05) is 0 Å². The van der Waals surface area contributed by atoms with E-state index in [9.17, 15) is 26.7 Å². The highest BCUT2D eigenvalue weighted by atomic mass is 32.1. The molecule has 0 radical (unpaired) electrons. The molecule has 2 heterocycles. The van der Waals surface area contributed by atoms with Crippen LogP contribution in [0.15, 0.2) is 11.4 Å². The second-order valence-electron chi connectivity index (χ2n) is 5.40. The number of hydrogen-bond acceptors (Lipinski definition) is 2. The monoisotopic (exact) mass is 325 g/mol. The van der Waals surface area contributed by atoms with E-state index in [-0.39, 0.29) is 12.5 Å². The van der Waals surface area contributed by atoms with Crippen LogP contribution in [0.25, 0.3) is 0 Å². The molecular formula is C13H12F5NOS. The molecular weight excluding hydrogens is 313 g/mol. The first-order valence-corrected chi connectivity index (χ1v) is 7.43. The van der Waals surface area contributed by atoms with Gasteiger partial charge in [-0.15, -0.1) is 11.3 Å². The van der Waals surface area contributed by atoms with Gasteiger partial charge in [-0.2, -0.15) is 22.0 Å². The van der Waals surface area contributed by atoms with E-state index in [4.69, 9.17) is 0 Å². The first kappa shape index (κ1) is 14.7. The highest BCUT2D eigenvalue weighted by molar-refractivity contribution is 7.10. The van der Waals surface area contributed by atoms with Crippen LogP contribution in [0.5, 0.6) is 0 Å². The third-order valence-electron chi connectivity index (χ3n) is 3.97. The van der Waals surface area contributed by atoms with Crippen molar-refractivity contribution < 1.29 is 26.7 Å². The second kappa shape index (κ2) is 4.66. The number of carbonyl (C=O) groups excluding carboxylic acids is 1. The van der Waals surface area contributed by atoms with Gasteiger partial charge in [-0.3, -0.25) is 4.79 Å². The quantitative estimate of drug-likeness (QED) is 0.758. The Hall–Kier alpha value is -1.18. The lowest BCUT2D eigenvalue weighted by atomic mass is 9.95. The molecule has 1 fully saturated rings. The summed E-state index contributed by atoms with van der Waals surface area (Å²) in [5, 5.41) is 1.79. The Morgan fingerprint density at radius 2 is 1.90 bits per heavy atom. The average molecular weight is 325 g/mol. The minimum atomic E-state index is -5.85. The Kier molecular flexibility index (Phi) is 3.27. The number of alkyl halides is 5. The van der Waals surface area contributed by atoms with Gasteiger partial charge in [0.05, 0.1) is 6.04 Å². The van der Waals surface area contributed by atoms with Gasteiger partial charge in [-0.25, -0.2) is 0 Å². The van der Waals surface area contributed by atoms with Gasteiger partial charge < -0.3 is 4.90 Å². The van der Waals surface area contributed by atoms with E-state index in [0.29, 0.717) is 6.42 Å². The normalized spacial score (nSPS) is 23.1. The van der Waals surface area contributed by atoms with Gasteiger partial charge in [0.25, 0.3) is 0 Å². The summed E-state index contributed by atoms with van der Waals surface area (Å²) in [5.74, 6) is -7.46. The number of amides is 1.